The second-order valence-corrected chi connectivity index (χ2v) is 2.75. The molecule has 0 heterocycles. The number of halogens is 1. The zero-order valence-electron chi connectivity index (χ0n) is 8.68. The first-order valence-electron chi connectivity index (χ1n) is 4.83. The third kappa shape index (κ3) is 3.07. The zero-order valence-corrected chi connectivity index (χ0v) is 8.68. The largest absolute Gasteiger partial charge is 0.262 e. The average Bonchev–Trinajstić information content (AvgIpc) is 2.09. The second-order valence-electron chi connectivity index (χ2n) is 2.75. The van der Waals surface area contributed by atoms with E-state index in [9.17, 15) is 4.39 Å². The van der Waals surface area contributed by atoms with Crippen LogP contribution < -0.4 is 0 Å². The molecule has 12 heavy (non-hydrogen) atoms. The maximum Gasteiger partial charge on any atom is 0.210 e. The van der Waals surface area contributed by atoms with Gasteiger partial charge in [0.1, 0.15) is 0 Å². The van der Waals surface area contributed by atoms with E-state index < -0.39 is 6.42 Å². The Bertz CT molecular complexity index is 88.7. The molecule has 3 heteroatoms. The molecule has 74 valence electrons. The molecule has 0 aliphatic heterocycles. The number of hydrogen-bond donors (Lipinski definition) is 0. The minimum Gasteiger partial charge on any atom is -0.262 e. The highest BCUT2D eigenvalue weighted by Gasteiger charge is 2.19. The quantitative estimate of drug-likeness (QED) is 0.450. The van der Waals surface area contributed by atoms with Gasteiger partial charge in [0.25, 0.3) is 0 Å². The summed E-state index contributed by atoms with van der Waals surface area (Å²) in [5.41, 5.74) is 0. The number of alkyl halides is 1. The predicted octanol–water partition coefficient (Wildman–Crippen LogP) is 1.92. The first kappa shape index (κ1) is 11.8. The lowest BCUT2D eigenvalue weighted by molar-refractivity contribution is -0.0417. The summed E-state index contributed by atoms with van der Waals surface area (Å²) in [6, 6.07) is 0. The summed E-state index contributed by atoms with van der Waals surface area (Å²) in [6.07, 6.45) is -0.907. The lowest BCUT2D eigenvalue weighted by Gasteiger charge is -2.31. The van der Waals surface area contributed by atoms with Gasteiger partial charge in [0.2, 0.25) is 6.42 Å². The third-order valence-electron chi connectivity index (χ3n) is 2.23. The normalized spacial score (nSPS) is 12.0. The van der Waals surface area contributed by atoms with Gasteiger partial charge in [-0.3, -0.25) is 9.80 Å². The average molecular weight is 176 g/mol. The minimum absolute atomic E-state index is 0.772. The van der Waals surface area contributed by atoms with Gasteiger partial charge < -0.3 is 0 Å². The maximum absolute atomic E-state index is 13.6. The van der Waals surface area contributed by atoms with E-state index in [1.165, 1.54) is 0 Å². The van der Waals surface area contributed by atoms with Crippen LogP contribution in [0, 0.1) is 0 Å². The second kappa shape index (κ2) is 6.38. The summed E-state index contributed by atoms with van der Waals surface area (Å²) < 4.78 is 13.6. The van der Waals surface area contributed by atoms with E-state index in [2.05, 4.69) is 0 Å². The van der Waals surface area contributed by atoms with E-state index in [1.807, 2.05) is 37.5 Å². The van der Waals surface area contributed by atoms with Gasteiger partial charge in [-0.1, -0.05) is 27.7 Å². The van der Waals surface area contributed by atoms with Crippen LogP contribution in [0.25, 0.3) is 0 Å². The molecule has 0 spiro atoms. The molecule has 0 aromatic rings. The van der Waals surface area contributed by atoms with Crippen LogP contribution in [0.4, 0.5) is 4.39 Å². The zero-order chi connectivity index (χ0) is 9.56. The van der Waals surface area contributed by atoms with E-state index >= 15 is 0 Å². The SMILES string of the molecule is CCN(CC)C(F)N(CC)CC. The molecule has 0 aliphatic rings. The summed E-state index contributed by atoms with van der Waals surface area (Å²) >= 11 is 0. The molecular formula is C9H21FN2. The molecule has 0 radical (unpaired) electrons. The monoisotopic (exact) mass is 176 g/mol. The van der Waals surface area contributed by atoms with Gasteiger partial charge >= 0.3 is 0 Å². The molecule has 0 fully saturated rings. The van der Waals surface area contributed by atoms with Crippen molar-refractivity contribution in [3.63, 3.8) is 0 Å². The van der Waals surface area contributed by atoms with Crippen molar-refractivity contribution in [3.05, 3.63) is 0 Å². The van der Waals surface area contributed by atoms with E-state index in [-0.39, 0.29) is 0 Å². The van der Waals surface area contributed by atoms with Crippen molar-refractivity contribution >= 4 is 0 Å². The van der Waals surface area contributed by atoms with Crippen LogP contribution in [0.2, 0.25) is 0 Å². The smallest absolute Gasteiger partial charge is 0.210 e. The minimum atomic E-state index is -0.907. The van der Waals surface area contributed by atoms with Gasteiger partial charge in [0, 0.05) is 0 Å². The molecule has 0 atom stereocenters. The summed E-state index contributed by atoms with van der Waals surface area (Å²) in [7, 11) is 0. The lowest BCUT2D eigenvalue weighted by atomic mass is 10.5. The van der Waals surface area contributed by atoms with E-state index in [1.54, 1.807) is 0 Å². The Morgan fingerprint density at radius 2 is 1.08 bits per heavy atom. The van der Waals surface area contributed by atoms with Crippen molar-refractivity contribution in [3.8, 4) is 0 Å². The highest BCUT2D eigenvalue weighted by Crippen LogP contribution is 2.06. The fourth-order valence-electron chi connectivity index (χ4n) is 1.28. The van der Waals surface area contributed by atoms with E-state index in [0.29, 0.717) is 0 Å². The predicted molar refractivity (Wildman–Crippen MR) is 50.7 cm³/mol. The van der Waals surface area contributed by atoms with E-state index in [0.717, 1.165) is 26.2 Å². The molecule has 2 nitrogen and oxygen atoms in total. The molecular weight excluding hydrogens is 155 g/mol. The molecule has 0 rings (SSSR count). The molecule has 0 N–H and O–H groups in total. The van der Waals surface area contributed by atoms with Gasteiger partial charge in [-0.15, -0.1) is 0 Å². The lowest BCUT2D eigenvalue weighted by Crippen LogP contribution is -2.45. The third-order valence-corrected chi connectivity index (χ3v) is 2.23. The Morgan fingerprint density at radius 3 is 1.25 bits per heavy atom. The van der Waals surface area contributed by atoms with Crippen LogP contribution in [0.15, 0.2) is 0 Å². The molecule has 0 aromatic heterocycles. The first-order chi connectivity index (χ1) is 5.71. The van der Waals surface area contributed by atoms with Crippen molar-refractivity contribution in [2.24, 2.45) is 0 Å². The van der Waals surface area contributed by atoms with Crippen molar-refractivity contribution < 1.29 is 4.39 Å². The molecule has 0 saturated carbocycles. The molecule has 0 unspecified atom stereocenters. The van der Waals surface area contributed by atoms with Gasteiger partial charge in [-0.25, -0.2) is 4.39 Å². The number of hydrogen-bond acceptors (Lipinski definition) is 2. The summed E-state index contributed by atoms with van der Waals surface area (Å²) in [5, 5.41) is 0. The first-order valence-corrected chi connectivity index (χ1v) is 4.83. The Morgan fingerprint density at radius 1 is 0.833 bits per heavy atom. The van der Waals surface area contributed by atoms with Gasteiger partial charge in [-0.2, -0.15) is 0 Å². The molecule has 0 amide bonds. The topological polar surface area (TPSA) is 6.48 Å². The Hall–Kier alpha value is -0.150. The Balaban J connectivity index is 4.02. The van der Waals surface area contributed by atoms with Gasteiger partial charge in [0.15, 0.2) is 0 Å². The Labute approximate surface area is 75.3 Å². The van der Waals surface area contributed by atoms with Crippen LogP contribution in [0.3, 0.4) is 0 Å². The Kier molecular flexibility index (Phi) is 6.30. The highest BCUT2D eigenvalue weighted by atomic mass is 19.1. The van der Waals surface area contributed by atoms with E-state index in [4.69, 9.17) is 0 Å². The summed E-state index contributed by atoms with van der Waals surface area (Å²) in [4.78, 5) is 3.62. The fraction of sp³-hybridized carbons (Fsp3) is 1.00. The van der Waals surface area contributed by atoms with Crippen LogP contribution in [-0.4, -0.2) is 42.4 Å². The standard InChI is InChI=1S/C9H21FN2/c1-5-11(6-2)9(10)12(7-3)8-4/h9H,5-8H2,1-4H3. The summed E-state index contributed by atoms with van der Waals surface area (Å²) in [5.74, 6) is 0. The van der Waals surface area contributed by atoms with Crippen LogP contribution in [-0.2, 0) is 0 Å². The highest BCUT2D eigenvalue weighted by molar-refractivity contribution is 4.60. The van der Waals surface area contributed by atoms with Crippen LogP contribution >= 0.6 is 0 Å². The van der Waals surface area contributed by atoms with Crippen molar-refractivity contribution in [1.29, 1.82) is 0 Å². The van der Waals surface area contributed by atoms with Crippen molar-refractivity contribution in [1.82, 2.24) is 9.80 Å². The van der Waals surface area contributed by atoms with Crippen molar-refractivity contribution in [2.45, 2.75) is 34.1 Å². The fourth-order valence-corrected chi connectivity index (χ4v) is 1.28. The van der Waals surface area contributed by atoms with Crippen LogP contribution in [0.5, 0.6) is 0 Å². The molecule has 0 saturated heterocycles. The summed E-state index contributed by atoms with van der Waals surface area (Å²) in [6.45, 7) is 11.0. The maximum atomic E-state index is 13.6. The van der Waals surface area contributed by atoms with Gasteiger partial charge in [0.05, 0.1) is 0 Å². The van der Waals surface area contributed by atoms with Gasteiger partial charge in [-0.05, 0) is 26.2 Å². The molecule has 0 aliphatic carbocycles. The number of nitrogens with zero attached hydrogens (tertiary/aromatic N) is 2. The number of rotatable bonds is 6. The van der Waals surface area contributed by atoms with Crippen molar-refractivity contribution in [2.75, 3.05) is 26.2 Å². The molecule has 0 bridgehead atoms. The molecule has 0 aromatic carbocycles. The van der Waals surface area contributed by atoms with Crippen LogP contribution in [0.1, 0.15) is 27.7 Å².